The third kappa shape index (κ3) is 4.81. The zero-order valence-corrected chi connectivity index (χ0v) is 19.5. The van der Waals surface area contributed by atoms with Crippen LogP contribution in [-0.2, 0) is 10.0 Å². The van der Waals surface area contributed by atoms with Crippen molar-refractivity contribution < 1.29 is 22.7 Å². The highest BCUT2D eigenvalue weighted by molar-refractivity contribution is 7.92. The number of rotatable bonds is 4. The fraction of sp³-hybridized carbons (Fsp3) is 0.480. The van der Waals surface area contributed by atoms with Gasteiger partial charge >= 0.3 is 0 Å². The number of benzene rings is 2. The topological polar surface area (TPSA) is 84.9 Å². The quantitative estimate of drug-likeness (QED) is 0.720. The summed E-state index contributed by atoms with van der Waals surface area (Å²) in [5, 5.41) is 0. The van der Waals surface area contributed by atoms with Gasteiger partial charge in [0.15, 0.2) is 11.5 Å². The lowest BCUT2D eigenvalue weighted by atomic mass is 9.75. The number of piperidine rings is 1. The van der Waals surface area contributed by atoms with Gasteiger partial charge in [0.25, 0.3) is 15.9 Å². The lowest BCUT2D eigenvalue weighted by Crippen LogP contribution is -2.44. The van der Waals surface area contributed by atoms with E-state index in [-0.39, 0.29) is 10.8 Å². The van der Waals surface area contributed by atoms with Crippen molar-refractivity contribution >= 4 is 21.6 Å². The molecule has 2 aromatic carbocycles. The van der Waals surface area contributed by atoms with E-state index in [2.05, 4.69) is 4.72 Å². The number of carbonyl (C=O) groups excluding carboxylic acids is 1. The molecule has 0 bridgehead atoms. The van der Waals surface area contributed by atoms with E-state index in [1.54, 1.807) is 30.3 Å². The Kier molecular flexibility index (Phi) is 6.19. The first-order valence-electron chi connectivity index (χ1n) is 11.8. The Hall–Kier alpha value is -2.74. The van der Waals surface area contributed by atoms with Gasteiger partial charge in [-0.3, -0.25) is 9.52 Å². The molecule has 3 aliphatic rings. The van der Waals surface area contributed by atoms with Crippen LogP contribution in [0, 0.1) is 11.8 Å². The summed E-state index contributed by atoms with van der Waals surface area (Å²) in [7, 11) is -3.81. The van der Waals surface area contributed by atoms with Gasteiger partial charge in [0.1, 0.15) is 0 Å². The lowest BCUT2D eigenvalue weighted by Gasteiger charge is -2.41. The molecule has 2 heterocycles. The maximum atomic E-state index is 13.0. The Morgan fingerprint density at radius 2 is 1.61 bits per heavy atom. The molecule has 0 aromatic heterocycles. The number of amides is 1. The average Bonchev–Trinajstić information content (AvgIpc) is 3.08. The number of hydrogen-bond acceptors (Lipinski definition) is 5. The van der Waals surface area contributed by atoms with Crippen molar-refractivity contribution in [1.82, 2.24) is 4.90 Å². The number of likely N-dealkylation sites (tertiary alicyclic amines) is 1. The molecule has 1 aliphatic carbocycles. The van der Waals surface area contributed by atoms with Gasteiger partial charge in [0.05, 0.1) is 18.1 Å². The molecule has 33 heavy (non-hydrogen) atoms. The summed E-state index contributed by atoms with van der Waals surface area (Å²) in [5.74, 6) is 2.39. The van der Waals surface area contributed by atoms with E-state index in [1.165, 1.54) is 37.8 Å². The van der Waals surface area contributed by atoms with Crippen molar-refractivity contribution in [2.24, 2.45) is 11.8 Å². The van der Waals surface area contributed by atoms with E-state index in [9.17, 15) is 13.2 Å². The van der Waals surface area contributed by atoms with Gasteiger partial charge in [-0.05, 0) is 61.1 Å². The smallest absolute Gasteiger partial charge is 0.262 e. The number of nitrogens with one attached hydrogen (secondary N) is 1. The zero-order chi connectivity index (χ0) is 22.8. The second-order valence-electron chi connectivity index (χ2n) is 9.19. The first-order valence-corrected chi connectivity index (χ1v) is 13.3. The molecule has 0 radical (unpaired) electrons. The van der Waals surface area contributed by atoms with Gasteiger partial charge < -0.3 is 14.4 Å². The Bertz CT molecular complexity index is 1120. The van der Waals surface area contributed by atoms with Crippen LogP contribution in [-0.4, -0.2) is 45.5 Å². The van der Waals surface area contributed by atoms with Crippen LogP contribution in [0.2, 0.25) is 0 Å². The van der Waals surface area contributed by atoms with Crippen molar-refractivity contribution in [3.8, 4) is 11.5 Å². The predicted octanol–water partition coefficient (Wildman–Crippen LogP) is 4.30. The SMILES string of the molecule is O=C(c1ccc(NS(=O)(=O)c2ccc3c(c2)OCCCO3)cc1)N1CC[C@@H]2CCCC[C@@H]2C1. The largest absolute Gasteiger partial charge is 0.490 e. The van der Waals surface area contributed by atoms with Crippen molar-refractivity contribution in [2.45, 2.75) is 43.4 Å². The van der Waals surface area contributed by atoms with Crippen molar-refractivity contribution in [2.75, 3.05) is 31.0 Å². The molecule has 8 heteroatoms. The summed E-state index contributed by atoms with van der Waals surface area (Å²) in [5.41, 5.74) is 0.993. The molecule has 2 aliphatic heterocycles. The van der Waals surface area contributed by atoms with E-state index in [0.717, 1.165) is 31.8 Å². The monoisotopic (exact) mass is 470 g/mol. The van der Waals surface area contributed by atoms with Gasteiger partial charge in [0, 0.05) is 36.8 Å². The molecule has 176 valence electrons. The van der Waals surface area contributed by atoms with Crippen molar-refractivity contribution in [1.29, 1.82) is 0 Å². The third-order valence-electron chi connectivity index (χ3n) is 6.99. The van der Waals surface area contributed by atoms with Crippen LogP contribution in [0.5, 0.6) is 11.5 Å². The van der Waals surface area contributed by atoms with Gasteiger partial charge in [-0.2, -0.15) is 0 Å². The molecule has 0 unspecified atom stereocenters. The molecule has 5 rings (SSSR count). The maximum absolute atomic E-state index is 13.0. The van der Waals surface area contributed by atoms with E-state index in [1.807, 2.05) is 4.90 Å². The van der Waals surface area contributed by atoms with E-state index < -0.39 is 10.0 Å². The molecule has 7 nitrogen and oxygen atoms in total. The maximum Gasteiger partial charge on any atom is 0.262 e. The van der Waals surface area contributed by atoms with E-state index >= 15 is 0 Å². The van der Waals surface area contributed by atoms with Gasteiger partial charge in [-0.15, -0.1) is 0 Å². The number of anilines is 1. The average molecular weight is 471 g/mol. The fourth-order valence-electron chi connectivity index (χ4n) is 5.17. The summed E-state index contributed by atoms with van der Waals surface area (Å²) in [6.07, 6.45) is 6.93. The van der Waals surface area contributed by atoms with Gasteiger partial charge in [-0.25, -0.2) is 8.42 Å². The number of fused-ring (bicyclic) bond motifs is 2. The fourth-order valence-corrected chi connectivity index (χ4v) is 6.25. The number of ether oxygens (including phenoxy) is 2. The van der Waals surface area contributed by atoms with Gasteiger partial charge in [0.2, 0.25) is 0 Å². The molecule has 2 aromatic rings. The molecule has 1 saturated heterocycles. The summed E-state index contributed by atoms with van der Waals surface area (Å²) >= 11 is 0. The molecule has 2 atom stereocenters. The highest BCUT2D eigenvalue weighted by Gasteiger charge is 2.33. The van der Waals surface area contributed by atoms with Crippen LogP contribution < -0.4 is 14.2 Å². The molecular weight excluding hydrogens is 440 g/mol. The van der Waals surface area contributed by atoms with Crippen LogP contribution in [0.1, 0.15) is 48.9 Å². The summed E-state index contributed by atoms with van der Waals surface area (Å²) in [6.45, 7) is 2.67. The van der Waals surface area contributed by atoms with Gasteiger partial charge in [-0.1, -0.05) is 19.3 Å². The number of nitrogens with zero attached hydrogens (tertiary/aromatic N) is 1. The molecular formula is C25H30N2O5S. The second-order valence-corrected chi connectivity index (χ2v) is 10.9. The van der Waals surface area contributed by atoms with Crippen LogP contribution in [0.3, 0.4) is 0 Å². The third-order valence-corrected chi connectivity index (χ3v) is 8.37. The first-order chi connectivity index (χ1) is 16.0. The number of carbonyl (C=O) groups is 1. The standard InChI is InChI=1S/C25H30N2O5S/c28-25(27-13-12-18-4-1-2-5-20(18)17-27)19-6-8-21(9-7-19)26-33(29,30)22-10-11-23-24(16-22)32-15-3-14-31-23/h6-11,16,18,20,26H,1-5,12-15,17H2/t18-,20+/m0/s1. The Morgan fingerprint density at radius 1 is 0.879 bits per heavy atom. The lowest BCUT2D eigenvalue weighted by molar-refractivity contribution is 0.0521. The Balaban J connectivity index is 1.26. The van der Waals surface area contributed by atoms with Crippen LogP contribution in [0.25, 0.3) is 0 Å². The van der Waals surface area contributed by atoms with Crippen LogP contribution >= 0.6 is 0 Å². The Morgan fingerprint density at radius 3 is 2.39 bits per heavy atom. The van der Waals surface area contributed by atoms with Crippen LogP contribution in [0.15, 0.2) is 47.4 Å². The summed E-state index contributed by atoms with van der Waals surface area (Å²) in [4.78, 5) is 15.1. The highest BCUT2D eigenvalue weighted by atomic mass is 32.2. The first kappa shape index (κ1) is 22.1. The van der Waals surface area contributed by atoms with E-state index in [4.69, 9.17) is 9.47 Å². The number of hydrogen-bond donors (Lipinski definition) is 1. The van der Waals surface area contributed by atoms with E-state index in [0.29, 0.717) is 41.9 Å². The molecule has 1 N–H and O–H groups in total. The summed E-state index contributed by atoms with van der Waals surface area (Å²) < 4.78 is 39.6. The highest BCUT2D eigenvalue weighted by Crippen LogP contribution is 2.36. The predicted molar refractivity (Wildman–Crippen MR) is 125 cm³/mol. The minimum atomic E-state index is -3.81. The second kappa shape index (κ2) is 9.25. The molecule has 1 amide bonds. The normalized spacial score (nSPS) is 22.7. The molecule has 1 saturated carbocycles. The van der Waals surface area contributed by atoms with Crippen molar-refractivity contribution in [3.05, 3.63) is 48.0 Å². The minimum absolute atomic E-state index is 0.0244. The molecule has 0 spiro atoms. The Labute approximate surface area is 195 Å². The van der Waals surface area contributed by atoms with Crippen LogP contribution in [0.4, 0.5) is 5.69 Å². The summed E-state index contributed by atoms with van der Waals surface area (Å²) in [6, 6.07) is 11.3. The van der Waals surface area contributed by atoms with Crippen molar-refractivity contribution in [3.63, 3.8) is 0 Å². The number of sulfonamides is 1. The zero-order valence-electron chi connectivity index (χ0n) is 18.7. The minimum Gasteiger partial charge on any atom is -0.490 e. The molecule has 2 fully saturated rings.